The molecule has 1 fully saturated rings. The van der Waals surface area contributed by atoms with Crippen LogP contribution in [0.15, 0.2) is 24.3 Å². The second-order valence-electron chi connectivity index (χ2n) is 5.26. The van der Waals surface area contributed by atoms with Gasteiger partial charge in [0.1, 0.15) is 5.82 Å². The van der Waals surface area contributed by atoms with Crippen LogP contribution in [0.25, 0.3) is 0 Å². The van der Waals surface area contributed by atoms with Crippen LogP contribution in [-0.4, -0.2) is 19.0 Å². The fourth-order valence-corrected chi connectivity index (χ4v) is 2.81. The van der Waals surface area contributed by atoms with Crippen LogP contribution in [0.5, 0.6) is 0 Å². The minimum atomic E-state index is -0.321. The van der Waals surface area contributed by atoms with Crippen LogP contribution in [0, 0.1) is 17.7 Å². The minimum absolute atomic E-state index is 0.104. The Morgan fingerprint density at radius 2 is 2.05 bits per heavy atom. The smallest absolute Gasteiger partial charge is 0.224 e. The second kappa shape index (κ2) is 6.66. The first-order valence-electron chi connectivity index (χ1n) is 6.91. The van der Waals surface area contributed by atoms with Crippen molar-refractivity contribution in [2.45, 2.75) is 25.7 Å². The number of halogens is 1. The zero-order valence-corrected chi connectivity index (χ0v) is 11.1. The first kappa shape index (κ1) is 14.0. The lowest BCUT2D eigenvalue weighted by molar-refractivity contribution is -0.120. The number of hydrogen-bond donors (Lipinski definition) is 2. The van der Waals surface area contributed by atoms with Gasteiger partial charge in [0.15, 0.2) is 0 Å². The topological polar surface area (TPSA) is 55.1 Å². The van der Waals surface area contributed by atoms with Crippen LogP contribution in [0.2, 0.25) is 0 Å². The predicted octanol–water partition coefficient (Wildman–Crippen LogP) is 1.86. The van der Waals surface area contributed by atoms with Crippen LogP contribution in [-0.2, 0) is 11.2 Å². The van der Waals surface area contributed by atoms with Crippen molar-refractivity contribution in [1.82, 2.24) is 5.32 Å². The lowest BCUT2D eigenvalue weighted by atomic mass is 9.96. The lowest BCUT2D eigenvalue weighted by Gasteiger charge is -2.18. The number of rotatable bonds is 5. The molecule has 0 spiro atoms. The van der Waals surface area contributed by atoms with Crippen molar-refractivity contribution in [1.29, 1.82) is 0 Å². The summed E-state index contributed by atoms with van der Waals surface area (Å²) in [5.74, 6) is 0.564. The Morgan fingerprint density at radius 3 is 2.79 bits per heavy atom. The van der Waals surface area contributed by atoms with E-state index in [1.54, 1.807) is 18.2 Å². The van der Waals surface area contributed by atoms with Gasteiger partial charge in [-0.3, -0.25) is 4.79 Å². The molecule has 19 heavy (non-hydrogen) atoms. The Balaban J connectivity index is 1.80. The molecule has 1 saturated carbocycles. The first-order chi connectivity index (χ1) is 9.20. The van der Waals surface area contributed by atoms with Crippen molar-refractivity contribution in [3.05, 3.63) is 35.6 Å². The summed E-state index contributed by atoms with van der Waals surface area (Å²) >= 11 is 0. The molecule has 4 heteroatoms. The van der Waals surface area contributed by atoms with E-state index < -0.39 is 0 Å². The lowest BCUT2D eigenvalue weighted by Crippen LogP contribution is -2.33. The zero-order chi connectivity index (χ0) is 13.7. The molecule has 1 amide bonds. The molecule has 0 saturated heterocycles. The molecular weight excluding hydrogens is 243 g/mol. The monoisotopic (exact) mass is 264 g/mol. The minimum Gasteiger partial charge on any atom is -0.356 e. The molecule has 104 valence electrons. The highest BCUT2D eigenvalue weighted by Crippen LogP contribution is 2.30. The van der Waals surface area contributed by atoms with E-state index >= 15 is 0 Å². The van der Waals surface area contributed by atoms with Crippen molar-refractivity contribution >= 4 is 5.91 Å². The molecule has 3 nitrogen and oxygen atoms in total. The fourth-order valence-electron chi connectivity index (χ4n) is 2.81. The van der Waals surface area contributed by atoms with Crippen LogP contribution < -0.4 is 11.1 Å². The van der Waals surface area contributed by atoms with Gasteiger partial charge in [-0.25, -0.2) is 4.39 Å². The molecule has 1 aromatic rings. The van der Waals surface area contributed by atoms with E-state index in [9.17, 15) is 9.18 Å². The van der Waals surface area contributed by atoms with Crippen LogP contribution >= 0.6 is 0 Å². The molecule has 0 aliphatic heterocycles. The molecule has 0 radical (unpaired) electrons. The van der Waals surface area contributed by atoms with E-state index in [4.69, 9.17) is 5.73 Å². The highest BCUT2D eigenvalue weighted by molar-refractivity contribution is 5.78. The summed E-state index contributed by atoms with van der Waals surface area (Å²) in [7, 11) is 0. The van der Waals surface area contributed by atoms with Crippen molar-refractivity contribution in [3.63, 3.8) is 0 Å². The van der Waals surface area contributed by atoms with Gasteiger partial charge in [0.2, 0.25) is 5.91 Å². The highest BCUT2D eigenvalue weighted by Gasteiger charge is 2.26. The Hall–Kier alpha value is -1.42. The van der Waals surface area contributed by atoms with Gasteiger partial charge in [-0.1, -0.05) is 24.6 Å². The molecule has 1 aromatic carbocycles. The summed E-state index contributed by atoms with van der Waals surface area (Å²) in [6.45, 7) is 1.35. The van der Waals surface area contributed by atoms with Crippen molar-refractivity contribution in [2.24, 2.45) is 17.6 Å². The summed E-state index contributed by atoms with van der Waals surface area (Å²) in [6.07, 6.45) is 3.58. The average molecular weight is 264 g/mol. The van der Waals surface area contributed by atoms with E-state index in [0.29, 0.717) is 30.5 Å². The van der Waals surface area contributed by atoms with Gasteiger partial charge in [0, 0.05) is 6.54 Å². The molecule has 1 aliphatic carbocycles. The molecule has 1 aliphatic rings. The van der Waals surface area contributed by atoms with Gasteiger partial charge in [0.25, 0.3) is 0 Å². The Bertz CT molecular complexity index is 436. The van der Waals surface area contributed by atoms with E-state index in [2.05, 4.69) is 5.32 Å². The molecular formula is C15H21FN2O. The number of carbonyl (C=O) groups is 1. The van der Waals surface area contributed by atoms with Gasteiger partial charge in [-0.15, -0.1) is 0 Å². The number of hydrogen-bond acceptors (Lipinski definition) is 2. The largest absolute Gasteiger partial charge is 0.356 e. The van der Waals surface area contributed by atoms with Gasteiger partial charge < -0.3 is 11.1 Å². The molecule has 2 atom stereocenters. The maximum Gasteiger partial charge on any atom is 0.224 e. The fraction of sp³-hybridized carbons (Fsp3) is 0.533. The molecule has 3 N–H and O–H groups in total. The number of benzene rings is 1. The maximum absolute atomic E-state index is 13.4. The zero-order valence-electron chi connectivity index (χ0n) is 11.1. The molecule has 0 aromatic heterocycles. The Labute approximate surface area is 113 Å². The molecule has 2 rings (SSSR count). The molecule has 0 heterocycles. The van der Waals surface area contributed by atoms with Crippen molar-refractivity contribution in [3.8, 4) is 0 Å². The number of carbonyl (C=O) groups excluding carboxylic acids is 1. The van der Waals surface area contributed by atoms with E-state index in [0.717, 1.165) is 12.8 Å². The maximum atomic E-state index is 13.4. The standard InChI is InChI=1S/C15H21FN2O/c16-14-7-2-1-4-11(14)8-15(19)18-10-13-6-3-5-12(13)9-17/h1-2,4,7,12-13H,3,5-6,8-10,17H2,(H,18,19). The number of nitrogens with two attached hydrogens (primary N) is 1. The van der Waals surface area contributed by atoms with E-state index in [-0.39, 0.29) is 18.1 Å². The quantitative estimate of drug-likeness (QED) is 0.853. The second-order valence-corrected chi connectivity index (χ2v) is 5.26. The number of nitrogens with one attached hydrogen (secondary N) is 1. The summed E-state index contributed by atoms with van der Waals surface area (Å²) in [5.41, 5.74) is 6.16. The van der Waals surface area contributed by atoms with Crippen molar-refractivity contribution in [2.75, 3.05) is 13.1 Å². The SMILES string of the molecule is NCC1CCCC1CNC(=O)Cc1ccccc1F. The van der Waals surface area contributed by atoms with Crippen LogP contribution in [0.4, 0.5) is 4.39 Å². The Morgan fingerprint density at radius 1 is 1.32 bits per heavy atom. The van der Waals surface area contributed by atoms with E-state index in [1.807, 2.05) is 0 Å². The van der Waals surface area contributed by atoms with Crippen LogP contribution in [0.1, 0.15) is 24.8 Å². The van der Waals surface area contributed by atoms with Gasteiger partial charge in [0.05, 0.1) is 6.42 Å². The summed E-state index contributed by atoms with van der Waals surface area (Å²) in [5, 5.41) is 2.90. The Kier molecular flexibility index (Phi) is 4.91. The van der Waals surface area contributed by atoms with Gasteiger partial charge >= 0.3 is 0 Å². The summed E-state index contributed by atoms with van der Waals surface area (Å²) in [6, 6.07) is 6.39. The first-order valence-corrected chi connectivity index (χ1v) is 6.91. The summed E-state index contributed by atoms with van der Waals surface area (Å²) in [4.78, 5) is 11.8. The van der Waals surface area contributed by atoms with Gasteiger partial charge in [-0.2, -0.15) is 0 Å². The third kappa shape index (κ3) is 3.77. The molecule has 0 bridgehead atoms. The van der Waals surface area contributed by atoms with Crippen molar-refractivity contribution < 1.29 is 9.18 Å². The van der Waals surface area contributed by atoms with E-state index in [1.165, 1.54) is 12.5 Å². The normalized spacial score (nSPS) is 22.4. The van der Waals surface area contributed by atoms with Crippen LogP contribution in [0.3, 0.4) is 0 Å². The number of amides is 1. The highest BCUT2D eigenvalue weighted by atomic mass is 19.1. The average Bonchev–Trinajstić information content (AvgIpc) is 2.86. The van der Waals surface area contributed by atoms with Gasteiger partial charge in [-0.05, 0) is 42.9 Å². The predicted molar refractivity (Wildman–Crippen MR) is 73.0 cm³/mol. The third-order valence-corrected chi connectivity index (χ3v) is 3.99. The third-order valence-electron chi connectivity index (χ3n) is 3.99. The summed E-state index contributed by atoms with van der Waals surface area (Å²) < 4.78 is 13.4. The molecule has 2 unspecified atom stereocenters.